The second-order valence-corrected chi connectivity index (χ2v) is 24.9. The summed E-state index contributed by atoms with van der Waals surface area (Å²) in [6.07, 6.45) is 5.20. The first kappa shape index (κ1) is 32.2. The Morgan fingerprint density at radius 3 is 1.26 bits per heavy atom. The van der Waals surface area contributed by atoms with Gasteiger partial charge in [-0.05, 0) is 0 Å². The van der Waals surface area contributed by atoms with Gasteiger partial charge in [-0.25, -0.2) is 0 Å². The minimum absolute atomic E-state index is 0. The van der Waals surface area contributed by atoms with E-state index in [1.807, 2.05) is 0 Å². The number of fused-ring (bicyclic) bond motifs is 2. The maximum absolute atomic E-state index is 2.72. The smallest absolute Gasteiger partial charge is 1.00 e. The Morgan fingerprint density at radius 2 is 0.907 bits per heavy atom. The van der Waals surface area contributed by atoms with Crippen LogP contribution in [0.15, 0.2) is 71.8 Å². The fraction of sp³-hybridized carbons (Fsp3) is 0.300. The van der Waals surface area contributed by atoms with Crippen LogP contribution in [-0.4, -0.2) is 0 Å². The Labute approximate surface area is 275 Å². The molecule has 3 aliphatic rings. The third-order valence-corrected chi connectivity index (χ3v) is 23.8. The van der Waals surface area contributed by atoms with E-state index in [0.717, 1.165) is 0 Å². The molecule has 0 spiro atoms. The van der Waals surface area contributed by atoms with Crippen molar-refractivity contribution < 1.29 is 45.1 Å². The molecule has 1 aliphatic heterocycles. The third-order valence-electron chi connectivity index (χ3n) is 10.4. The van der Waals surface area contributed by atoms with Crippen LogP contribution in [0.3, 0.4) is 0 Å². The van der Waals surface area contributed by atoms with Gasteiger partial charge < -0.3 is 24.8 Å². The van der Waals surface area contributed by atoms with Crippen LogP contribution in [0.25, 0.3) is 34.4 Å². The van der Waals surface area contributed by atoms with Crippen LogP contribution in [0.5, 0.6) is 0 Å². The molecule has 0 aromatic heterocycles. The van der Waals surface area contributed by atoms with Gasteiger partial charge in [0, 0.05) is 0 Å². The van der Waals surface area contributed by atoms with Gasteiger partial charge in [0.25, 0.3) is 0 Å². The number of allylic oxidation sites excluding steroid dienone is 2. The van der Waals surface area contributed by atoms with Crippen LogP contribution in [0.4, 0.5) is 0 Å². The number of rotatable bonds is 4. The largest absolute Gasteiger partial charge is 1.00 e. The molecule has 43 heavy (non-hydrogen) atoms. The summed E-state index contributed by atoms with van der Waals surface area (Å²) in [7, 11) is 0. The molecule has 1 heterocycles. The molecule has 2 aliphatic carbocycles. The maximum Gasteiger partial charge on any atom is -1.00 e. The molecular weight excluding hydrogens is 643 g/mol. The molecule has 1 saturated heterocycles. The molecule has 0 amide bonds. The van der Waals surface area contributed by atoms with E-state index in [2.05, 4.69) is 128 Å². The van der Waals surface area contributed by atoms with Crippen LogP contribution in [0.1, 0.15) is 76.7 Å². The van der Waals surface area contributed by atoms with Crippen LogP contribution >= 0.6 is 0 Å². The maximum atomic E-state index is 2.60. The average Bonchev–Trinajstić information content (AvgIpc) is 3.49. The summed E-state index contributed by atoms with van der Waals surface area (Å²) < 4.78 is 4.34. The Hall–Kier alpha value is -2.18. The molecule has 1 fully saturated rings. The Morgan fingerprint density at radius 1 is 0.512 bits per heavy atom. The van der Waals surface area contributed by atoms with Crippen molar-refractivity contribution in [3.63, 3.8) is 0 Å². The Kier molecular flexibility index (Phi) is 8.72. The van der Waals surface area contributed by atoms with E-state index < -0.39 is 20.3 Å². The van der Waals surface area contributed by atoms with Crippen LogP contribution < -0.4 is 24.8 Å². The normalized spacial score (nSPS) is 18.3. The second kappa shape index (κ2) is 11.6. The zero-order valence-electron chi connectivity index (χ0n) is 26.8. The first-order chi connectivity index (χ1) is 19.6. The molecule has 4 aromatic rings. The van der Waals surface area contributed by atoms with Gasteiger partial charge in [-0.3, -0.25) is 0 Å². The van der Waals surface area contributed by atoms with Gasteiger partial charge in [0.15, 0.2) is 0 Å². The molecule has 220 valence electrons. The van der Waals surface area contributed by atoms with E-state index in [1.165, 1.54) is 75.0 Å². The summed E-state index contributed by atoms with van der Waals surface area (Å²) in [5.74, 6) is 0. The summed E-state index contributed by atoms with van der Waals surface area (Å²) in [6, 6.07) is 23.3. The first-order valence-corrected chi connectivity index (χ1v) is 21.7. The van der Waals surface area contributed by atoms with Crippen molar-refractivity contribution in [1.29, 1.82) is 0 Å². The summed E-state index contributed by atoms with van der Waals surface area (Å²) in [5.41, 5.74) is 23.9. The first-order valence-electron chi connectivity index (χ1n) is 15.4. The van der Waals surface area contributed by atoms with Gasteiger partial charge in [-0.15, -0.1) is 0 Å². The fourth-order valence-electron chi connectivity index (χ4n) is 8.95. The molecule has 3 heteroatoms. The molecule has 0 bridgehead atoms. The second-order valence-electron chi connectivity index (χ2n) is 13.5. The van der Waals surface area contributed by atoms with Crippen molar-refractivity contribution >= 4 is 12.2 Å². The number of halogens is 2. The molecule has 2 unspecified atom stereocenters. The van der Waals surface area contributed by atoms with E-state index in [0.29, 0.717) is 7.25 Å². The van der Waals surface area contributed by atoms with E-state index >= 15 is 0 Å². The van der Waals surface area contributed by atoms with Gasteiger partial charge in [0.05, 0.1) is 0 Å². The molecule has 0 saturated carbocycles. The molecule has 0 nitrogen and oxygen atoms in total. The number of aryl methyl sites for hydroxylation is 6. The predicted molar refractivity (Wildman–Crippen MR) is 175 cm³/mol. The van der Waals surface area contributed by atoms with E-state index in [-0.39, 0.29) is 24.8 Å². The van der Waals surface area contributed by atoms with Crippen LogP contribution in [-0.2, 0) is 20.3 Å². The zero-order valence-corrected chi connectivity index (χ0v) is 30.7. The minimum atomic E-state index is -2.72. The predicted octanol–water partition coefficient (Wildman–Crippen LogP) is 5.50. The Bertz CT molecular complexity index is 1710. The van der Waals surface area contributed by atoms with Crippen molar-refractivity contribution in [3.8, 4) is 22.3 Å². The molecule has 2 atom stereocenters. The van der Waals surface area contributed by atoms with E-state index in [9.17, 15) is 0 Å². The van der Waals surface area contributed by atoms with Crippen molar-refractivity contribution in [2.45, 2.75) is 70.9 Å². The van der Waals surface area contributed by atoms with Crippen molar-refractivity contribution in [1.82, 2.24) is 0 Å². The van der Waals surface area contributed by atoms with Gasteiger partial charge in [0.2, 0.25) is 0 Å². The van der Waals surface area contributed by atoms with Crippen LogP contribution in [0, 0.1) is 41.5 Å². The summed E-state index contributed by atoms with van der Waals surface area (Å²) in [4.78, 5) is 0. The summed E-state index contributed by atoms with van der Waals surface area (Å²) in [5, 5.41) is 0. The Balaban J connectivity index is 0.00000184. The quantitative estimate of drug-likeness (QED) is 0.267. The van der Waals surface area contributed by atoms with Crippen molar-refractivity contribution in [3.05, 3.63) is 127 Å². The van der Waals surface area contributed by atoms with Gasteiger partial charge in [0.1, 0.15) is 0 Å². The van der Waals surface area contributed by atoms with Gasteiger partial charge >= 0.3 is 253 Å². The third kappa shape index (κ3) is 4.99. The van der Waals surface area contributed by atoms with Crippen molar-refractivity contribution in [2.24, 2.45) is 0 Å². The summed E-state index contributed by atoms with van der Waals surface area (Å²) >= 11 is -2.72. The van der Waals surface area contributed by atoms with E-state index in [4.69, 9.17) is 0 Å². The monoisotopic (exact) mass is 682 g/mol. The zero-order chi connectivity index (χ0) is 28.8. The standard InChI is InChI=1S/2C19H19.C2H4.2ClH.Zr/c2*1-12-6-5-7-16(8-12)19-15(4)11-14(3)17-9-13(2)10-18(17)19;1-2;;;/h2*5-11H,1-4H3;1-2H2;2*1H;/q;;;;;+2/p-2. The topological polar surface area (TPSA) is 0 Å². The minimum Gasteiger partial charge on any atom is -1.00 e. The van der Waals surface area contributed by atoms with E-state index in [1.54, 1.807) is 22.3 Å². The molecule has 0 radical (unpaired) electrons. The number of hydrogen-bond donors (Lipinski definition) is 0. The average molecular weight is 685 g/mol. The molecule has 4 aromatic carbocycles. The number of benzene rings is 4. The van der Waals surface area contributed by atoms with Crippen LogP contribution in [0.2, 0.25) is 8.26 Å². The number of hydrogen-bond acceptors (Lipinski definition) is 0. The molecule has 0 N–H and O–H groups in total. The summed E-state index contributed by atoms with van der Waals surface area (Å²) in [6.45, 7) is 18.8. The molecule has 7 rings (SSSR count). The fourth-order valence-corrected chi connectivity index (χ4v) is 27.1. The van der Waals surface area contributed by atoms with Gasteiger partial charge in [-0.1, -0.05) is 0 Å². The molecular formula is C40H42Cl2Zr. The van der Waals surface area contributed by atoms with Gasteiger partial charge in [-0.2, -0.15) is 0 Å². The SMILES string of the molecule is CC1=Cc2c(-c3cccc(C)c3)c(C)cc(C)c2[CH]1[Zr+2]1([CH]2C(C)=Cc3c(-c4cccc(C)c4)c(C)cc(C)c32)[CH2][CH2]1.[Cl-].[Cl-]. The van der Waals surface area contributed by atoms with Crippen molar-refractivity contribution in [2.75, 3.05) is 0 Å².